The number of thioether (sulfide) groups is 1. The Morgan fingerprint density at radius 3 is 2.68 bits per heavy atom. The Hall–Kier alpha value is -1.78. The maximum atomic E-state index is 9.04. The Kier molecular flexibility index (Phi) is 3.53. The molecule has 0 radical (unpaired) electrons. The molecule has 1 aliphatic heterocycles. The minimum atomic E-state index is 0.622. The average Bonchev–Trinajstić information content (AvgIpc) is 2.69. The van der Waals surface area contributed by atoms with Gasteiger partial charge in [0, 0.05) is 17.1 Å². The molecule has 3 nitrogen and oxygen atoms in total. The summed E-state index contributed by atoms with van der Waals surface area (Å²) in [7, 11) is 0. The highest BCUT2D eigenvalue weighted by atomic mass is 32.2. The van der Waals surface area contributed by atoms with Gasteiger partial charge in [-0.2, -0.15) is 0 Å². The first kappa shape index (κ1) is 12.3. The molecular weight excluding hydrogens is 256 g/mol. The molecule has 2 aromatic carbocycles. The Bertz CT molecular complexity index is 611. The summed E-state index contributed by atoms with van der Waals surface area (Å²) in [6.07, 6.45) is 0.747. The van der Waals surface area contributed by atoms with Gasteiger partial charge < -0.3 is 0 Å². The molecule has 2 N–H and O–H groups in total. The second-order valence-corrected chi connectivity index (χ2v) is 5.45. The third-order valence-corrected chi connectivity index (χ3v) is 4.11. The van der Waals surface area contributed by atoms with Crippen molar-refractivity contribution in [2.75, 3.05) is 5.75 Å². The van der Waals surface area contributed by atoms with Crippen LogP contribution >= 0.6 is 11.8 Å². The Labute approximate surface area is 116 Å². The van der Waals surface area contributed by atoms with Crippen LogP contribution in [0.2, 0.25) is 0 Å². The molecule has 0 spiro atoms. The van der Waals surface area contributed by atoms with E-state index >= 15 is 0 Å². The van der Waals surface area contributed by atoms with Crippen molar-refractivity contribution in [3.05, 3.63) is 48.5 Å². The zero-order valence-corrected chi connectivity index (χ0v) is 11.2. The van der Waals surface area contributed by atoms with E-state index < -0.39 is 0 Å². The Balaban J connectivity index is 2.05. The molecule has 1 aliphatic rings. The van der Waals surface area contributed by atoms with E-state index in [1.807, 2.05) is 18.2 Å². The van der Waals surface area contributed by atoms with Gasteiger partial charge in [0.05, 0.1) is 5.69 Å². The van der Waals surface area contributed by atoms with Crippen molar-refractivity contribution in [2.45, 2.75) is 11.3 Å². The summed E-state index contributed by atoms with van der Waals surface area (Å²) in [5, 5.41) is 9.04. The quantitative estimate of drug-likeness (QED) is 0.773. The SMILES string of the molecule is ONC1=Nc2cc(-c3ccccc3)ccc2SCC1. The fourth-order valence-corrected chi connectivity index (χ4v) is 3.01. The molecule has 0 amide bonds. The largest absolute Gasteiger partial charge is 0.290 e. The molecular formula is C15H14N2OS. The number of amidine groups is 1. The second-order valence-electron chi connectivity index (χ2n) is 4.32. The normalized spacial score (nSPS) is 14.3. The number of hydroxylamine groups is 1. The molecule has 1 heterocycles. The average molecular weight is 270 g/mol. The number of rotatable bonds is 1. The standard InChI is InChI=1S/C15H14N2OS/c18-17-15-8-9-19-14-7-6-12(10-13(14)16-15)11-4-2-1-3-5-11/h1-7,10,18H,8-9H2,(H,16,17). The van der Waals surface area contributed by atoms with Gasteiger partial charge in [-0.25, -0.2) is 4.99 Å². The summed E-state index contributed by atoms with van der Waals surface area (Å²) in [6.45, 7) is 0. The van der Waals surface area contributed by atoms with Crippen LogP contribution in [0.1, 0.15) is 6.42 Å². The van der Waals surface area contributed by atoms with E-state index in [-0.39, 0.29) is 0 Å². The zero-order chi connectivity index (χ0) is 13.1. The van der Waals surface area contributed by atoms with Crippen molar-refractivity contribution in [1.29, 1.82) is 0 Å². The number of nitrogens with zero attached hydrogens (tertiary/aromatic N) is 1. The lowest BCUT2D eigenvalue weighted by molar-refractivity contribution is 0.232. The molecule has 0 fully saturated rings. The van der Waals surface area contributed by atoms with Crippen LogP contribution in [0.4, 0.5) is 5.69 Å². The number of hydrogen-bond acceptors (Lipinski definition) is 4. The molecule has 0 saturated heterocycles. The van der Waals surface area contributed by atoms with Crippen molar-refractivity contribution < 1.29 is 5.21 Å². The Morgan fingerprint density at radius 1 is 1.05 bits per heavy atom. The molecule has 0 bridgehead atoms. The maximum Gasteiger partial charge on any atom is 0.127 e. The van der Waals surface area contributed by atoms with E-state index in [2.05, 4.69) is 40.8 Å². The number of aliphatic imine (C=N–C) groups is 1. The van der Waals surface area contributed by atoms with E-state index in [0.29, 0.717) is 5.84 Å². The van der Waals surface area contributed by atoms with Gasteiger partial charge in [-0.3, -0.25) is 10.7 Å². The minimum Gasteiger partial charge on any atom is -0.290 e. The first-order valence-electron chi connectivity index (χ1n) is 6.17. The topological polar surface area (TPSA) is 44.6 Å². The third-order valence-electron chi connectivity index (χ3n) is 3.05. The summed E-state index contributed by atoms with van der Waals surface area (Å²) in [6, 6.07) is 16.5. The minimum absolute atomic E-state index is 0.622. The van der Waals surface area contributed by atoms with Gasteiger partial charge in [0.15, 0.2) is 0 Å². The van der Waals surface area contributed by atoms with Gasteiger partial charge in [-0.15, -0.1) is 11.8 Å². The highest BCUT2D eigenvalue weighted by Gasteiger charge is 2.11. The lowest BCUT2D eigenvalue weighted by Crippen LogP contribution is -2.18. The summed E-state index contributed by atoms with van der Waals surface area (Å²) in [5.41, 5.74) is 5.41. The lowest BCUT2D eigenvalue weighted by atomic mass is 10.1. The highest BCUT2D eigenvalue weighted by molar-refractivity contribution is 7.99. The first-order chi connectivity index (χ1) is 9.36. The molecule has 4 heteroatoms. The van der Waals surface area contributed by atoms with Crippen LogP contribution in [0, 0.1) is 0 Å². The molecule has 3 rings (SSSR count). The molecule has 19 heavy (non-hydrogen) atoms. The molecule has 2 aromatic rings. The maximum absolute atomic E-state index is 9.04. The summed E-state index contributed by atoms with van der Waals surface area (Å²) in [5.74, 6) is 1.54. The van der Waals surface area contributed by atoms with Crippen LogP contribution in [0.3, 0.4) is 0 Å². The van der Waals surface area contributed by atoms with Gasteiger partial charge in [0.2, 0.25) is 0 Å². The monoisotopic (exact) mass is 270 g/mol. The van der Waals surface area contributed by atoms with Gasteiger partial charge >= 0.3 is 0 Å². The van der Waals surface area contributed by atoms with E-state index in [1.54, 1.807) is 11.8 Å². The zero-order valence-electron chi connectivity index (χ0n) is 10.3. The molecule has 0 aromatic heterocycles. The van der Waals surface area contributed by atoms with Crippen molar-refractivity contribution in [1.82, 2.24) is 5.48 Å². The van der Waals surface area contributed by atoms with E-state index in [0.717, 1.165) is 28.3 Å². The van der Waals surface area contributed by atoms with E-state index in [4.69, 9.17) is 5.21 Å². The predicted octanol–water partition coefficient (Wildman–Crippen LogP) is 3.86. The van der Waals surface area contributed by atoms with Crippen molar-refractivity contribution >= 4 is 23.3 Å². The predicted molar refractivity (Wildman–Crippen MR) is 79.2 cm³/mol. The number of hydrogen-bond donors (Lipinski definition) is 2. The highest BCUT2D eigenvalue weighted by Crippen LogP contribution is 2.36. The number of benzene rings is 2. The lowest BCUT2D eigenvalue weighted by Gasteiger charge is -2.06. The molecule has 96 valence electrons. The van der Waals surface area contributed by atoms with Crippen LogP contribution in [0.25, 0.3) is 11.1 Å². The van der Waals surface area contributed by atoms with Crippen LogP contribution in [-0.4, -0.2) is 16.8 Å². The van der Waals surface area contributed by atoms with Gasteiger partial charge in [-0.05, 0) is 23.3 Å². The summed E-state index contributed by atoms with van der Waals surface area (Å²) in [4.78, 5) is 5.64. The van der Waals surface area contributed by atoms with Crippen molar-refractivity contribution in [2.24, 2.45) is 4.99 Å². The fourth-order valence-electron chi connectivity index (χ4n) is 2.08. The smallest absolute Gasteiger partial charge is 0.127 e. The van der Waals surface area contributed by atoms with E-state index in [1.165, 1.54) is 5.56 Å². The molecule has 0 unspecified atom stereocenters. The second kappa shape index (κ2) is 5.47. The first-order valence-corrected chi connectivity index (χ1v) is 7.15. The third kappa shape index (κ3) is 2.64. The molecule has 0 saturated carbocycles. The number of nitrogens with one attached hydrogen (secondary N) is 1. The van der Waals surface area contributed by atoms with Crippen molar-refractivity contribution in [3.8, 4) is 11.1 Å². The van der Waals surface area contributed by atoms with Gasteiger partial charge in [0.1, 0.15) is 5.84 Å². The van der Waals surface area contributed by atoms with E-state index in [9.17, 15) is 0 Å². The van der Waals surface area contributed by atoms with Crippen LogP contribution in [-0.2, 0) is 0 Å². The van der Waals surface area contributed by atoms with Gasteiger partial charge in [-0.1, -0.05) is 36.4 Å². The van der Waals surface area contributed by atoms with Crippen LogP contribution < -0.4 is 5.48 Å². The Morgan fingerprint density at radius 2 is 1.89 bits per heavy atom. The number of fused-ring (bicyclic) bond motifs is 1. The fraction of sp³-hybridized carbons (Fsp3) is 0.133. The van der Waals surface area contributed by atoms with Crippen LogP contribution in [0.15, 0.2) is 58.4 Å². The molecule has 0 atom stereocenters. The van der Waals surface area contributed by atoms with Crippen molar-refractivity contribution in [3.63, 3.8) is 0 Å². The van der Waals surface area contributed by atoms with Gasteiger partial charge in [0.25, 0.3) is 0 Å². The van der Waals surface area contributed by atoms with Crippen LogP contribution in [0.5, 0.6) is 0 Å². The molecule has 0 aliphatic carbocycles. The summed E-state index contributed by atoms with van der Waals surface area (Å²) < 4.78 is 0. The summed E-state index contributed by atoms with van der Waals surface area (Å²) >= 11 is 1.77.